The minimum absolute atomic E-state index is 0.173. The molecule has 2 aliphatic rings. The molecular formula is C20H26N4OS. The van der Waals surface area contributed by atoms with Crippen molar-refractivity contribution in [3.63, 3.8) is 0 Å². The van der Waals surface area contributed by atoms with Crippen molar-refractivity contribution < 1.29 is 4.74 Å². The van der Waals surface area contributed by atoms with Crippen LogP contribution in [0.25, 0.3) is 0 Å². The van der Waals surface area contributed by atoms with Gasteiger partial charge in [-0.15, -0.1) is 11.3 Å². The van der Waals surface area contributed by atoms with E-state index in [1.807, 2.05) is 30.5 Å². The zero-order valence-electron chi connectivity index (χ0n) is 15.1. The van der Waals surface area contributed by atoms with Crippen LogP contribution in [0.15, 0.2) is 46.8 Å². The average Bonchev–Trinajstić information content (AvgIpc) is 3.35. The van der Waals surface area contributed by atoms with Crippen LogP contribution in [0.1, 0.15) is 18.4 Å². The van der Waals surface area contributed by atoms with E-state index in [0.717, 1.165) is 50.6 Å². The molecule has 0 bridgehead atoms. The first kappa shape index (κ1) is 17.2. The Morgan fingerprint density at radius 2 is 2.08 bits per heavy atom. The van der Waals surface area contributed by atoms with Gasteiger partial charge in [-0.3, -0.25) is 4.99 Å². The lowest BCUT2D eigenvalue weighted by Crippen LogP contribution is -2.50. The third kappa shape index (κ3) is 3.96. The summed E-state index contributed by atoms with van der Waals surface area (Å²) in [5, 5.41) is 10.5. The summed E-state index contributed by atoms with van der Waals surface area (Å²) >= 11 is 1.82. The second-order valence-electron chi connectivity index (χ2n) is 6.86. The number of nitrogens with one attached hydrogen (secondary N) is 2. The van der Waals surface area contributed by atoms with Crippen LogP contribution in [0.2, 0.25) is 0 Å². The topological polar surface area (TPSA) is 48.9 Å². The molecule has 3 heterocycles. The van der Waals surface area contributed by atoms with Crippen LogP contribution >= 0.6 is 11.3 Å². The normalized spacial score (nSPS) is 20.6. The predicted octanol–water partition coefficient (Wildman–Crippen LogP) is 2.89. The van der Waals surface area contributed by atoms with Crippen LogP contribution in [0.3, 0.4) is 0 Å². The van der Waals surface area contributed by atoms with E-state index in [1.165, 1.54) is 10.6 Å². The smallest absolute Gasteiger partial charge is 0.191 e. The molecule has 1 aromatic heterocycles. The molecule has 2 aromatic rings. The van der Waals surface area contributed by atoms with Gasteiger partial charge in [0.15, 0.2) is 5.96 Å². The average molecular weight is 371 g/mol. The van der Waals surface area contributed by atoms with Gasteiger partial charge >= 0.3 is 0 Å². The summed E-state index contributed by atoms with van der Waals surface area (Å²) in [4.78, 5) is 6.86. The Balaban J connectivity index is 1.22. The highest BCUT2D eigenvalue weighted by Gasteiger charge is 2.24. The maximum Gasteiger partial charge on any atom is 0.191 e. The summed E-state index contributed by atoms with van der Waals surface area (Å²) in [6.45, 7) is 2.95. The molecule has 1 aromatic carbocycles. The number of piperidine rings is 1. The van der Waals surface area contributed by atoms with Gasteiger partial charge in [0.25, 0.3) is 0 Å². The summed E-state index contributed by atoms with van der Waals surface area (Å²) in [6, 6.07) is 13.1. The Bertz CT molecular complexity index is 713. The monoisotopic (exact) mass is 370 g/mol. The molecule has 138 valence electrons. The zero-order valence-corrected chi connectivity index (χ0v) is 16.0. The Kier molecular flexibility index (Phi) is 5.29. The van der Waals surface area contributed by atoms with Gasteiger partial charge in [-0.2, -0.15) is 0 Å². The molecule has 6 heteroatoms. The fraction of sp³-hybridized carbons (Fsp3) is 0.450. The number of aliphatic imine (C=N–C) groups is 1. The number of fused-ring (bicyclic) bond motifs is 1. The highest BCUT2D eigenvalue weighted by molar-refractivity contribution is 7.14. The number of nitrogens with zero attached hydrogens (tertiary/aromatic N) is 2. The van der Waals surface area contributed by atoms with E-state index in [2.05, 4.69) is 50.2 Å². The second-order valence-corrected chi connectivity index (χ2v) is 7.79. The quantitative estimate of drug-likeness (QED) is 0.642. The molecule has 0 radical (unpaired) electrons. The highest BCUT2D eigenvalue weighted by atomic mass is 32.1. The Hall–Kier alpha value is -2.21. The fourth-order valence-corrected chi connectivity index (χ4v) is 4.45. The lowest BCUT2D eigenvalue weighted by atomic mass is 10.1. The van der Waals surface area contributed by atoms with Gasteiger partial charge in [0.05, 0.1) is 11.5 Å². The SMILES string of the molecule is CN=C(NCC1Cc2ccccc2O1)NC1CCN(c2cccs2)CC1. The molecule has 2 aliphatic heterocycles. The Labute approximate surface area is 159 Å². The van der Waals surface area contributed by atoms with Crippen molar-refractivity contribution >= 4 is 22.3 Å². The fourth-order valence-electron chi connectivity index (χ4n) is 3.66. The van der Waals surface area contributed by atoms with E-state index in [-0.39, 0.29) is 6.10 Å². The number of hydrogen-bond acceptors (Lipinski definition) is 4. The van der Waals surface area contributed by atoms with Crippen molar-refractivity contribution in [2.75, 3.05) is 31.6 Å². The molecule has 1 unspecified atom stereocenters. The molecule has 1 atom stereocenters. The third-order valence-corrected chi connectivity index (χ3v) is 6.02. The number of anilines is 1. The second kappa shape index (κ2) is 7.99. The van der Waals surface area contributed by atoms with Crippen molar-refractivity contribution in [2.45, 2.75) is 31.4 Å². The number of para-hydroxylation sites is 1. The summed E-state index contributed by atoms with van der Waals surface area (Å²) in [7, 11) is 1.83. The van der Waals surface area contributed by atoms with Crippen LogP contribution in [0, 0.1) is 0 Å². The summed E-state index contributed by atoms with van der Waals surface area (Å²) in [5.41, 5.74) is 1.29. The lowest BCUT2D eigenvalue weighted by molar-refractivity contribution is 0.234. The van der Waals surface area contributed by atoms with Gasteiger partial charge in [0, 0.05) is 32.6 Å². The van der Waals surface area contributed by atoms with Crippen molar-refractivity contribution in [3.8, 4) is 5.75 Å². The molecule has 5 nitrogen and oxygen atoms in total. The van der Waals surface area contributed by atoms with Crippen LogP contribution < -0.4 is 20.3 Å². The Morgan fingerprint density at radius 3 is 2.81 bits per heavy atom. The van der Waals surface area contributed by atoms with Crippen molar-refractivity contribution in [1.29, 1.82) is 0 Å². The highest BCUT2D eigenvalue weighted by Crippen LogP contribution is 2.28. The van der Waals surface area contributed by atoms with Crippen molar-refractivity contribution in [3.05, 3.63) is 47.3 Å². The summed E-state index contributed by atoms with van der Waals surface area (Å²) < 4.78 is 6.00. The number of benzene rings is 1. The largest absolute Gasteiger partial charge is 0.488 e. The number of thiophene rings is 1. The van der Waals surface area contributed by atoms with Crippen molar-refractivity contribution in [2.24, 2.45) is 4.99 Å². The van der Waals surface area contributed by atoms with E-state index in [0.29, 0.717) is 6.04 Å². The molecular weight excluding hydrogens is 344 g/mol. The van der Waals surface area contributed by atoms with Crippen LogP contribution in [0.4, 0.5) is 5.00 Å². The Morgan fingerprint density at radius 1 is 1.23 bits per heavy atom. The van der Waals surface area contributed by atoms with Gasteiger partial charge in [0.2, 0.25) is 0 Å². The first-order chi connectivity index (χ1) is 12.8. The minimum atomic E-state index is 0.173. The van der Waals surface area contributed by atoms with Gasteiger partial charge in [-0.05, 0) is 42.0 Å². The first-order valence-corrected chi connectivity index (χ1v) is 10.2. The van der Waals surface area contributed by atoms with E-state index >= 15 is 0 Å². The van der Waals surface area contributed by atoms with Gasteiger partial charge in [-0.1, -0.05) is 18.2 Å². The number of rotatable bonds is 4. The predicted molar refractivity (Wildman–Crippen MR) is 109 cm³/mol. The molecule has 0 amide bonds. The molecule has 1 saturated heterocycles. The number of ether oxygens (including phenoxy) is 1. The summed E-state index contributed by atoms with van der Waals surface area (Å²) in [6.07, 6.45) is 3.39. The maximum absolute atomic E-state index is 6.00. The van der Waals surface area contributed by atoms with Crippen LogP contribution in [0.5, 0.6) is 5.75 Å². The van der Waals surface area contributed by atoms with E-state index in [9.17, 15) is 0 Å². The summed E-state index contributed by atoms with van der Waals surface area (Å²) in [5.74, 6) is 1.89. The van der Waals surface area contributed by atoms with E-state index < -0.39 is 0 Å². The van der Waals surface area contributed by atoms with Gasteiger partial charge in [-0.25, -0.2) is 0 Å². The lowest BCUT2D eigenvalue weighted by Gasteiger charge is -2.33. The maximum atomic E-state index is 6.00. The van der Waals surface area contributed by atoms with Gasteiger partial charge in [0.1, 0.15) is 11.9 Å². The first-order valence-electron chi connectivity index (χ1n) is 9.32. The van der Waals surface area contributed by atoms with E-state index in [4.69, 9.17) is 4.74 Å². The molecule has 0 saturated carbocycles. The van der Waals surface area contributed by atoms with E-state index in [1.54, 1.807) is 0 Å². The van der Waals surface area contributed by atoms with Crippen LogP contribution in [-0.4, -0.2) is 44.8 Å². The number of hydrogen-bond donors (Lipinski definition) is 2. The molecule has 26 heavy (non-hydrogen) atoms. The zero-order chi connectivity index (χ0) is 17.8. The number of guanidine groups is 1. The molecule has 0 spiro atoms. The standard InChI is InChI=1S/C20H26N4OS/c1-21-20(22-14-17-13-15-5-2-3-6-18(15)25-17)23-16-8-10-24(11-9-16)19-7-4-12-26-19/h2-7,12,16-17H,8-11,13-14H2,1H3,(H2,21,22,23). The van der Waals surface area contributed by atoms with Crippen molar-refractivity contribution in [1.82, 2.24) is 10.6 Å². The minimum Gasteiger partial charge on any atom is -0.488 e. The third-order valence-electron chi connectivity index (χ3n) is 5.09. The van der Waals surface area contributed by atoms with Gasteiger partial charge < -0.3 is 20.3 Å². The molecule has 2 N–H and O–H groups in total. The molecule has 0 aliphatic carbocycles. The molecule has 1 fully saturated rings. The van der Waals surface area contributed by atoms with Crippen LogP contribution in [-0.2, 0) is 6.42 Å². The molecule has 4 rings (SSSR count).